The molecule has 0 fully saturated rings. The van der Waals surface area contributed by atoms with Crippen LogP contribution >= 0.6 is 12.4 Å². The normalized spacial score (nSPS) is 11.7. The standard InChI is InChI=1S/C22H26N4O.ClH/c1-16(2)18-8-10-19(11-9-18)21(23)14-24-22(27)12-17-13-25-26(15-17)20-6-4-3-5-7-20;/h3-11,13,15-16,21H,12,14,23H2,1-2H3,(H,24,27);1H. The summed E-state index contributed by atoms with van der Waals surface area (Å²) in [7, 11) is 0. The summed E-state index contributed by atoms with van der Waals surface area (Å²) in [5.41, 5.74) is 10.4. The molecule has 1 amide bonds. The fourth-order valence-electron chi connectivity index (χ4n) is 2.89. The number of carbonyl (C=O) groups excluding carboxylic acids is 1. The zero-order chi connectivity index (χ0) is 19.2. The molecule has 2 aromatic carbocycles. The highest BCUT2D eigenvalue weighted by Gasteiger charge is 2.11. The van der Waals surface area contributed by atoms with E-state index in [-0.39, 0.29) is 30.8 Å². The lowest BCUT2D eigenvalue weighted by atomic mass is 9.99. The molecule has 1 unspecified atom stereocenters. The summed E-state index contributed by atoms with van der Waals surface area (Å²) in [6.07, 6.45) is 3.88. The van der Waals surface area contributed by atoms with Crippen LogP contribution in [0.3, 0.4) is 0 Å². The topological polar surface area (TPSA) is 72.9 Å². The predicted octanol–water partition coefficient (Wildman–Crippen LogP) is 3.78. The number of hydrogen-bond donors (Lipinski definition) is 2. The molecule has 0 radical (unpaired) electrons. The maximum absolute atomic E-state index is 12.2. The Bertz CT molecular complexity index is 875. The van der Waals surface area contributed by atoms with Crippen molar-refractivity contribution in [3.63, 3.8) is 0 Å². The van der Waals surface area contributed by atoms with Gasteiger partial charge in [0.05, 0.1) is 18.3 Å². The third-order valence-corrected chi connectivity index (χ3v) is 4.57. The van der Waals surface area contributed by atoms with Crippen molar-refractivity contribution in [3.05, 3.63) is 83.7 Å². The minimum Gasteiger partial charge on any atom is -0.354 e. The van der Waals surface area contributed by atoms with Crippen molar-refractivity contribution in [2.24, 2.45) is 5.73 Å². The summed E-state index contributed by atoms with van der Waals surface area (Å²) >= 11 is 0. The fourth-order valence-corrected chi connectivity index (χ4v) is 2.89. The molecule has 148 valence electrons. The van der Waals surface area contributed by atoms with Crippen molar-refractivity contribution >= 4 is 18.3 Å². The Morgan fingerprint density at radius 3 is 2.36 bits per heavy atom. The van der Waals surface area contributed by atoms with Crippen molar-refractivity contribution in [3.8, 4) is 5.69 Å². The summed E-state index contributed by atoms with van der Waals surface area (Å²) < 4.78 is 1.77. The lowest BCUT2D eigenvalue weighted by Gasteiger charge is -2.14. The molecule has 1 heterocycles. The third-order valence-electron chi connectivity index (χ3n) is 4.57. The number of aromatic nitrogens is 2. The zero-order valence-electron chi connectivity index (χ0n) is 16.2. The minimum absolute atomic E-state index is 0. The summed E-state index contributed by atoms with van der Waals surface area (Å²) in [4.78, 5) is 12.2. The second-order valence-corrected chi connectivity index (χ2v) is 7.04. The van der Waals surface area contributed by atoms with Gasteiger partial charge in [-0.25, -0.2) is 4.68 Å². The van der Waals surface area contributed by atoms with Crippen LogP contribution < -0.4 is 11.1 Å². The lowest BCUT2D eigenvalue weighted by molar-refractivity contribution is -0.120. The predicted molar refractivity (Wildman–Crippen MR) is 115 cm³/mol. The maximum Gasteiger partial charge on any atom is 0.224 e. The Labute approximate surface area is 172 Å². The third kappa shape index (κ3) is 5.68. The van der Waals surface area contributed by atoms with Gasteiger partial charge in [-0.1, -0.05) is 56.3 Å². The van der Waals surface area contributed by atoms with E-state index in [9.17, 15) is 4.79 Å². The fraction of sp³-hybridized carbons (Fsp3) is 0.273. The van der Waals surface area contributed by atoms with E-state index in [0.29, 0.717) is 12.5 Å². The highest BCUT2D eigenvalue weighted by molar-refractivity contribution is 5.85. The van der Waals surface area contributed by atoms with Crippen LogP contribution in [0.2, 0.25) is 0 Å². The van der Waals surface area contributed by atoms with Crippen LogP contribution in [-0.2, 0) is 11.2 Å². The smallest absolute Gasteiger partial charge is 0.224 e. The SMILES string of the molecule is CC(C)c1ccc(C(N)CNC(=O)Cc2cnn(-c3ccccc3)c2)cc1.Cl. The van der Waals surface area contributed by atoms with Gasteiger partial charge < -0.3 is 11.1 Å². The summed E-state index contributed by atoms with van der Waals surface area (Å²) in [5.74, 6) is 0.434. The van der Waals surface area contributed by atoms with Crippen LogP contribution in [0.1, 0.15) is 42.5 Å². The van der Waals surface area contributed by atoms with Crippen molar-refractivity contribution in [1.29, 1.82) is 0 Å². The van der Waals surface area contributed by atoms with Crippen molar-refractivity contribution in [1.82, 2.24) is 15.1 Å². The van der Waals surface area contributed by atoms with E-state index < -0.39 is 0 Å². The molecule has 1 atom stereocenters. The van der Waals surface area contributed by atoms with Gasteiger partial charge in [0.2, 0.25) is 5.91 Å². The molecule has 5 nitrogen and oxygen atoms in total. The first kappa shape index (κ1) is 21.7. The van der Waals surface area contributed by atoms with Gasteiger partial charge in [-0.2, -0.15) is 5.10 Å². The van der Waals surface area contributed by atoms with Gasteiger partial charge in [0.1, 0.15) is 0 Å². The first-order valence-electron chi connectivity index (χ1n) is 9.24. The van der Waals surface area contributed by atoms with Gasteiger partial charge in [0.15, 0.2) is 0 Å². The van der Waals surface area contributed by atoms with Crippen LogP contribution in [0.25, 0.3) is 5.69 Å². The number of benzene rings is 2. The van der Waals surface area contributed by atoms with Gasteiger partial charge in [-0.3, -0.25) is 4.79 Å². The monoisotopic (exact) mass is 398 g/mol. The molecule has 0 aliphatic heterocycles. The van der Waals surface area contributed by atoms with Gasteiger partial charge in [0, 0.05) is 18.8 Å². The highest BCUT2D eigenvalue weighted by Crippen LogP contribution is 2.17. The molecule has 1 aromatic heterocycles. The number of amides is 1. The molecule has 28 heavy (non-hydrogen) atoms. The molecule has 3 rings (SSSR count). The molecule has 0 bridgehead atoms. The number of hydrogen-bond acceptors (Lipinski definition) is 3. The molecule has 3 N–H and O–H groups in total. The van der Waals surface area contributed by atoms with E-state index in [2.05, 4.69) is 36.4 Å². The molecule has 6 heteroatoms. The van der Waals surface area contributed by atoms with Crippen LogP contribution in [0.4, 0.5) is 0 Å². The van der Waals surface area contributed by atoms with E-state index >= 15 is 0 Å². The number of para-hydroxylation sites is 1. The van der Waals surface area contributed by atoms with Crippen LogP contribution in [-0.4, -0.2) is 22.2 Å². The van der Waals surface area contributed by atoms with E-state index in [1.807, 2.05) is 48.7 Å². The molecule has 0 saturated heterocycles. The Morgan fingerprint density at radius 1 is 1.07 bits per heavy atom. The number of nitrogens with two attached hydrogens (primary N) is 1. The number of nitrogens with zero attached hydrogens (tertiary/aromatic N) is 2. The first-order valence-corrected chi connectivity index (χ1v) is 9.24. The average molecular weight is 399 g/mol. The Balaban J connectivity index is 0.00000280. The van der Waals surface area contributed by atoms with Gasteiger partial charge in [-0.05, 0) is 34.7 Å². The van der Waals surface area contributed by atoms with Gasteiger partial charge >= 0.3 is 0 Å². The summed E-state index contributed by atoms with van der Waals surface area (Å²) in [5, 5.41) is 7.23. The first-order chi connectivity index (χ1) is 13.0. The van der Waals surface area contributed by atoms with E-state index in [4.69, 9.17) is 5.73 Å². The zero-order valence-corrected chi connectivity index (χ0v) is 17.0. The van der Waals surface area contributed by atoms with E-state index in [1.54, 1.807) is 10.9 Å². The molecular formula is C22H27ClN4O. The Kier molecular flexibility index (Phi) is 7.79. The van der Waals surface area contributed by atoms with Crippen LogP contribution in [0, 0.1) is 0 Å². The minimum atomic E-state index is -0.220. The van der Waals surface area contributed by atoms with Crippen molar-refractivity contribution < 1.29 is 4.79 Å². The number of nitrogens with one attached hydrogen (secondary N) is 1. The van der Waals surface area contributed by atoms with Crippen molar-refractivity contribution in [2.75, 3.05) is 6.54 Å². The lowest BCUT2D eigenvalue weighted by Crippen LogP contribution is -2.32. The quantitative estimate of drug-likeness (QED) is 0.636. The van der Waals surface area contributed by atoms with Crippen LogP contribution in [0.15, 0.2) is 67.0 Å². The van der Waals surface area contributed by atoms with E-state index in [1.165, 1.54) is 5.56 Å². The number of carbonyl (C=O) groups is 1. The number of rotatable bonds is 7. The second kappa shape index (κ2) is 10.1. The molecule has 0 saturated carbocycles. The molecule has 0 aliphatic rings. The van der Waals surface area contributed by atoms with Crippen LogP contribution in [0.5, 0.6) is 0 Å². The van der Waals surface area contributed by atoms with Gasteiger partial charge in [0.25, 0.3) is 0 Å². The highest BCUT2D eigenvalue weighted by atomic mass is 35.5. The average Bonchev–Trinajstić information content (AvgIpc) is 3.15. The summed E-state index contributed by atoms with van der Waals surface area (Å²) in [6.45, 7) is 4.73. The summed E-state index contributed by atoms with van der Waals surface area (Å²) in [6, 6.07) is 17.9. The Hall–Kier alpha value is -2.63. The van der Waals surface area contributed by atoms with Gasteiger partial charge in [-0.15, -0.1) is 12.4 Å². The van der Waals surface area contributed by atoms with E-state index in [0.717, 1.165) is 16.8 Å². The van der Waals surface area contributed by atoms with Crippen molar-refractivity contribution in [2.45, 2.75) is 32.2 Å². The molecular weight excluding hydrogens is 372 g/mol. The largest absolute Gasteiger partial charge is 0.354 e. The Morgan fingerprint density at radius 2 is 1.71 bits per heavy atom. The second-order valence-electron chi connectivity index (χ2n) is 7.04. The molecule has 0 spiro atoms. The number of halogens is 1. The maximum atomic E-state index is 12.2. The molecule has 3 aromatic rings. The molecule has 0 aliphatic carbocycles.